The zero-order valence-corrected chi connectivity index (χ0v) is 38.8. The molecule has 1 aliphatic carbocycles. The predicted molar refractivity (Wildman–Crippen MR) is 254 cm³/mol. The van der Waals surface area contributed by atoms with Crippen LogP contribution in [0.5, 0.6) is 5.88 Å². The van der Waals surface area contributed by atoms with Crippen molar-refractivity contribution in [2.75, 3.05) is 74.1 Å². The highest BCUT2D eigenvalue weighted by molar-refractivity contribution is 7.90. The third-order valence-corrected chi connectivity index (χ3v) is 14.9. The molecule has 2 fully saturated rings. The van der Waals surface area contributed by atoms with Gasteiger partial charge in [0.05, 0.1) is 32.6 Å². The predicted octanol–water partition coefficient (Wildman–Crippen LogP) is 8.93. The van der Waals surface area contributed by atoms with E-state index in [9.17, 15) is 27.7 Å². The molecular formula is C48H54ClFN8O7S. The molecule has 5 heterocycles. The number of fused-ring (bicyclic) bond motifs is 2. The van der Waals surface area contributed by atoms with Crippen LogP contribution in [-0.4, -0.2) is 99.2 Å². The van der Waals surface area contributed by atoms with E-state index in [-0.39, 0.29) is 33.7 Å². The molecule has 0 saturated carbocycles. The van der Waals surface area contributed by atoms with Gasteiger partial charge in [0.2, 0.25) is 5.88 Å². The van der Waals surface area contributed by atoms with Crippen LogP contribution in [0.1, 0.15) is 68.8 Å². The molecule has 3 aliphatic heterocycles. The lowest BCUT2D eigenvalue weighted by Crippen LogP contribution is -2.47. The molecule has 9 rings (SSSR count). The molecule has 348 valence electrons. The average Bonchev–Trinajstić information content (AvgIpc) is 3.76. The normalized spacial score (nSPS) is 19.4. The van der Waals surface area contributed by atoms with Crippen LogP contribution in [0.4, 0.5) is 32.8 Å². The Morgan fingerprint density at radius 1 is 1.03 bits per heavy atom. The third kappa shape index (κ3) is 9.71. The zero-order chi connectivity index (χ0) is 46.3. The molecular weight excluding hydrogens is 887 g/mol. The fourth-order valence-electron chi connectivity index (χ4n) is 9.53. The lowest BCUT2D eigenvalue weighted by Gasteiger charge is -2.40. The fourth-order valence-corrected chi connectivity index (χ4v) is 10.6. The number of rotatable bonds is 12. The van der Waals surface area contributed by atoms with Crippen molar-refractivity contribution in [2.45, 2.75) is 63.9 Å². The number of nitrogens with one attached hydrogen (secondary N) is 3. The van der Waals surface area contributed by atoms with Crippen LogP contribution in [-0.2, 0) is 14.8 Å². The number of hydrogen-bond acceptors (Lipinski definition) is 12. The van der Waals surface area contributed by atoms with Crippen molar-refractivity contribution in [1.29, 1.82) is 0 Å². The molecule has 3 aromatic carbocycles. The van der Waals surface area contributed by atoms with E-state index in [2.05, 4.69) is 38.7 Å². The number of H-pyrrole nitrogens is 1. The smallest absolute Gasteiger partial charge is 0.293 e. The van der Waals surface area contributed by atoms with E-state index in [1.165, 1.54) is 23.3 Å². The van der Waals surface area contributed by atoms with Crippen LogP contribution in [0.25, 0.3) is 16.6 Å². The molecule has 4 aliphatic rings. The molecule has 2 aromatic heterocycles. The van der Waals surface area contributed by atoms with E-state index < -0.39 is 37.3 Å². The van der Waals surface area contributed by atoms with Crippen molar-refractivity contribution >= 4 is 72.6 Å². The maximum absolute atomic E-state index is 14.7. The van der Waals surface area contributed by atoms with Crippen molar-refractivity contribution in [1.82, 2.24) is 19.6 Å². The Labute approximate surface area is 388 Å². The number of anilines is 4. The molecule has 0 unspecified atom stereocenters. The molecule has 0 spiro atoms. The minimum Gasteiger partial charge on any atom is -0.471 e. The van der Waals surface area contributed by atoms with Gasteiger partial charge in [0.25, 0.3) is 21.6 Å². The number of amides is 1. The van der Waals surface area contributed by atoms with Crippen molar-refractivity contribution in [3.05, 3.63) is 111 Å². The summed E-state index contributed by atoms with van der Waals surface area (Å²) in [5, 5.41) is 16.3. The number of allylic oxidation sites excluding steroid dienone is 1. The van der Waals surface area contributed by atoms with Gasteiger partial charge in [0, 0.05) is 75.8 Å². The molecule has 1 atom stereocenters. The van der Waals surface area contributed by atoms with Gasteiger partial charge in [-0.05, 0) is 116 Å². The molecule has 66 heavy (non-hydrogen) atoms. The molecule has 3 N–H and O–H groups in total. The summed E-state index contributed by atoms with van der Waals surface area (Å²) in [4.78, 5) is 40.0. The number of pyridine rings is 1. The molecule has 5 aromatic rings. The van der Waals surface area contributed by atoms with E-state index >= 15 is 0 Å². The van der Waals surface area contributed by atoms with Crippen LogP contribution >= 0.6 is 11.6 Å². The van der Waals surface area contributed by atoms with Crippen molar-refractivity contribution < 1.29 is 32.0 Å². The quantitative estimate of drug-likeness (QED) is 0.0802. The number of halogens is 2. The summed E-state index contributed by atoms with van der Waals surface area (Å²) in [6, 6.07) is 17.9. The van der Waals surface area contributed by atoms with Crippen LogP contribution in [0, 0.1) is 27.3 Å². The lowest BCUT2D eigenvalue weighted by atomic mass is 9.72. The zero-order valence-electron chi connectivity index (χ0n) is 37.2. The maximum atomic E-state index is 14.7. The fraction of sp³-hybridized carbons (Fsp3) is 0.417. The van der Waals surface area contributed by atoms with E-state index in [0.717, 1.165) is 74.4 Å². The maximum Gasteiger partial charge on any atom is 0.293 e. The van der Waals surface area contributed by atoms with Gasteiger partial charge in [0.1, 0.15) is 28.9 Å². The van der Waals surface area contributed by atoms with Crippen LogP contribution in [0.2, 0.25) is 5.02 Å². The second-order valence-electron chi connectivity index (χ2n) is 18.6. The first-order valence-electron chi connectivity index (χ1n) is 22.5. The first kappa shape index (κ1) is 45.4. The van der Waals surface area contributed by atoms with Crippen molar-refractivity contribution in [3.63, 3.8) is 0 Å². The highest BCUT2D eigenvalue weighted by Crippen LogP contribution is 2.45. The number of piperazine rings is 1. The summed E-state index contributed by atoms with van der Waals surface area (Å²) < 4.78 is 56.4. The summed E-state index contributed by atoms with van der Waals surface area (Å²) in [7, 11) is -4.59. The van der Waals surface area contributed by atoms with Crippen LogP contribution in [0.3, 0.4) is 0 Å². The SMILES string of the molecule is C[C@@H]1CN(c2cc(N3CCN(CC4=C(c5ccc(Cl)c(F)c5)CC(C)(C)CC4)CC3)ccc2C(=O)NS(=O)(=O)c2ccc(NCC3CCOCC3)c([N+](=O)[O-])c2)c2cc3cc[nH]c3nc2O1. The largest absolute Gasteiger partial charge is 0.471 e. The van der Waals surface area contributed by atoms with Gasteiger partial charge in [0.15, 0.2) is 0 Å². The molecule has 18 heteroatoms. The molecule has 2 saturated heterocycles. The third-order valence-electron chi connectivity index (χ3n) is 13.3. The van der Waals surface area contributed by atoms with Crippen LogP contribution < -0.4 is 24.6 Å². The number of aromatic nitrogens is 2. The van der Waals surface area contributed by atoms with Gasteiger partial charge >= 0.3 is 0 Å². The topological polar surface area (TPSA) is 175 Å². The monoisotopic (exact) mass is 940 g/mol. The Bertz CT molecular complexity index is 2820. The van der Waals surface area contributed by atoms with Crippen molar-refractivity contribution in [2.24, 2.45) is 11.3 Å². The summed E-state index contributed by atoms with van der Waals surface area (Å²) in [6.45, 7) is 12.1. The number of carbonyl (C=O) groups excluding carboxylic acids is 1. The Morgan fingerprint density at radius 3 is 2.58 bits per heavy atom. The first-order chi connectivity index (χ1) is 31.6. The second kappa shape index (κ2) is 18.5. The standard InChI is InChI=1S/C48H54ClFN8O7S/c1-30-28-57(44-23-33-11-15-51-45(33)53-47(44)65-30)42-24-35(56-18-16-55(17-19-56)29-34-10-14-48(2,3)26-38(34)32-4-8-39(49)40(50)22-32)5-7-37(42)46(59)54-66(62,63)36-6-9-41(43(25-36)58(60)61)52-27-31-12-20-64-21-13-31/h4-9,11,15,22-25,30-31,52H,10,12-14,16-21,26-29H2,1-3H3,(H,51,53)(H,54,59)/t30-/m1/s1. The van der Waals surface area contributed by atoms with Crippen molar-refractivity contribution in [3.8, 4) is 5.88 Å². The molecule has 1 amide bonds. The minimum atomic E-state index is -4.59. The van der Waals surface area contributed by atoms with E-state index in [1.54, 1.807) is 24.4 Å². The van der Waals surface area contributed by atoms with E-state index in [1.807, 2.05) is 42.2 Å². The van der Waals surface area contributed by atoms with Gasteiger partial charge in [-0.25, -0.2) is 17.5 Å². The summed E-state index contributed by atoms with van der Waals surface area (Å²) in [5.41, 5.74) is 5.86. The number of nitro benzene ring substituents is 1. The second-order valence-corrected chi connectivity index (χ2v) is 20.7. The number of nitrogens with zero attached hydrogens (tertiary/aromatic N) is 5. The van der Waals surface area contributed by atoms with Gasteiger partial charge in [-0.1, -0.05) is 37.1 Å². The number of sulfonamides is 1. The van der Waals surface area contributed by atoms with Gasteiger partial charge in [-0.2, -0.15) is 4.98 Å². The minimum absolute atomic E-state index is 0.0813. The number of aromatic amines is 1. The number of ether oxygens (including phenoxy) is 2. The Balaban J connectivity index is 0.988. The van der Waals surface area contributed by atoms with E-state index in [0.29, 0.717) is 62.3 Å². The highest BCUT2D eigenvalue weighted by Gasteiger charge is 2.33. The Morgan fingerprint density at radius 2 is 1.82 bits per heavy atom. The lowest BCUT2D eigenvalue weighted by molar-refractivity contribution is -0.384. The Hall–Kier alpha value is -5.75. The van der Waals surface area contributed by atoms with Gasteiger partial charge in [-0.15, -0.1) is 0 Å². The van der Waals surface area contributed by atoms with E-state index in [4.69, 9.17) is 26.1 Å². The number of carbonyl (C=O) groups is 1. The number of hydrogen-bond donors (Lipinski definition) is 3. The molecule has 0 radical (unpaired) electrons. The van der Waals surface area contributed by atoms with Gasteiger partial charge < -0.3 is 29.6 Å². The summed E-state index contributed by atoms with van der Waals surface area (Å²) in [5.74, 6) is -0.695. The molecule has 0 bridgehead atoms. The number of benzene rings is 3. The average molecular weight is 942 g/mol. The summed E-state index contributed by atoms with van der Waals surface area (Å²) >= 11 is 6.06. The Kier molecular flexibility index (Phi) is 12.7. The van der Waals surface area contributed by atoms with Gasteiger partial charge in [-0.3, -0.25) is 19.8 Å². The highest BCUT2D eigenvalue weighted by atomic mass is 35.5. The molecule has 15 nitrogen and oxygen atoms in total. The summed E-state index contributed by atoms with van der Waals surface area (Å²) in [6.07, 6.45) is 5.88. The van der Waals surface area contributed by atoms with Crippen LogP contribution in [0.15, 0.2) is 83.4 Å². The first-order valence-corrected chi connectivity index (χ1v) is 24.3. The number of nitro groups is 1.